The van der Waals surface area contributed by atoms with E-state index in [9.17, 15) is 5.11 Å². The van der Waals surface area contributed by atoms with Crippen LogP contribution in [0.2, 0.25) is 0 Å². The first-order valence-corrected chi connectivity index (χ1v) is 11.9. The van der Waals surface area contributed by atoms with E-state index in [1.165, 1.54) is 11.1 Å². The number of ether oxygens (including phenoxy) is 1. The predicted molar refractivity (Wildman–Crippen MR) is 132 cm³/mol. The van der Waals surface area contributed by atoms with Gasteiger partial charge in [-0.25, -0.2) is 0 Å². The molecule has 1 atom stereocenters. The van der Waals surface area contributed by atoms with Gasteiger partial charge in [0.1, 0.15) is 17.1 Å². The summed E-state index contributed by atoms with van der Waals surface area (Å²) in [5, 5.41) is 28.2. The van der Waals surface area contributed by atoms with Crippen LogP contribution in [-0.2, 0) is 6.42 Å². The highest BCUT2D eigenvalue weighted by atomic mass is 16.5. The quantitative estimate of drug-likeness (QED) is 0.355. The number of rotatable bonds is 11. The lowest BCUT2D eigenvalue weighted by Crippen LogP contribution is -2.36. The standard InChI is InChI=1S/C28H42O4/c1-20(11-7-13-24(18-29)19-30)9-6-10-21(2)12-8-15-28(5)16-14-25-17-26(31)22(3)23(4)27(25)32-28/h9,12-13,17,29-31H,6-8,10-11,14-16,18-19H2,1-5H3/b20-9+,21-12+/t28-/m1/s1. The van der Waals surface area contributed by atoms with Crippen molar-refractivity contribution in [3.63, 3.8) is 0 Å². The van der Waals surface area contributed by atoms with Crippen molar-refractivity contribution in [3.05, 3.63) is 57.7 Å². The first kappa shape index (κ1) is 26.2. The molecule has 0 radical (unpaired) electrons. The van der Waals surface area contributed by atoms with Crippen LogP contribution in [0.5, 0.6) is 11.5 Å². The molecular formula is C28H42O4. The first-order chi connectivity index (χ1) is 15.2. The molecule has 0 amide bonds. The summed E-state index contributed by atoms with van der Waals surface area (Å²) in [4.78, 5) is 0. The summed E-state index contributed by atoms with van der Waals surface area (Å²) in [6.07, 6.45) is 14.4. The van der Waals surface area contributed by atoms with Crippen molar-refractivity contribution >= 4 is 0 Å². The van der Waals surface area contributed by atoms with E-state index in [4.69, 9.17) is 14.9 Å². The number of fused-ring (bicyclic) bond motifs is 1. The van der Waals surface area contributed by atoms with Gasteiger partial charge in [0.25, 0.3) is 0 Å². The number of aryl methyl sites for hydroxylation is 1. The number of hydrogen-bond donors (Lipinski definition) is 3. The first-order valence-electron chi connectivity index (χ1n) is 11.9. The van der Waals surface area contributed by atoms with Gasteiger partial charge in [0.15, 0.2) is 0 Å². The van der Waals surface area contributed by atoms with Crippen LogP contribution in [0.25, 0.3) is 0 Å². The zero-order valence-electron chi connectivity index (χ0n) is 20.6. The second-order valence-electron chi connectivity index (χ2n) is 9.58. The molecule has 0 fully saturated rings. The smallest absolute Gasteiger partial charge is 0.126 e. The average molecular weight is 443 g/mol. The number of hydrogen-bond acceptors (Lipinski definition) is 4. The molecule has 1 aromatic carbocycles. The van der Waals surface area contributed by atoms with Crippen molar-refractivity contribution in [2.45, 2.75) is 91.6 Å². The van der Waals surface area contributed by atoms with Crippen molar-refractivity contribution in [2.75, 3.05) is 13.2 Å². The number of phenolic OH excluding ortho intramolecular Hbond substituents is 1. The molecule has 4 nitrogen and oxygen atoms in total. The lowest BCUT2D eigenvalue weighted by molar-refractivity contribution is 0.0560. The topological polar surface area (TPSA) is 69.9 Å². The molecule has 3 N–H and O–H groups in total. The summed E-state index contributed by atoms with van der Waals surface area (Å²) >= 11 is 0. The summed E-state index contributed by atoms with van der Waals surface area (Å²) in [6, 6.07) is 1.87. The van der Waals surface area contributed by atoms with Gasteiger partial charge in [-0.3, -0.25) is 0 Å². The maximum atomic E-state index is 10.1. The molecule has 32 heavy (non-hydrogen) atoms. The Morgan fingerprint density at radius 3 is 2.19 bits per heavy atom. The average Bonchev–Trinajstić information content (AvgIpc) is 2.76. The van der Waals surface area contributed by atoms with E-state index in [2.05, 4.69) is 32.9 Å². The Balaban J connectivity index is 1.80. The molecule has 0 aromatic heterocycles. The van der Waals surface area contributed by atoms with Crippen LogP contribution in [-0.4, -0.2) is 34.1 Å². The number of phenols is 1. The molecule has 0 saturated carbocycles. The van der Waals surface area contributed by atoms with E-state index in [0.29, 0.717) is 11.3 Å². The molecule has 1 heterocycles. The summed E-state index contributed by atoms with van der Waals surface area (Å²) in [5.74, 6) is 1.34. The molecule has 0 unspecified atom stereocenters. The van der Waals surface area contributed by atoms with E-state index in [1.54, 1.807) is 0 Å². The van der Waals surface area contributed by atoms with Gasteiger partial charge >= 0.3 is 0 Å². The van der Waals surface area contributed by atoms with Crippen molar-refractivity contribution in [3.8, 4) is 11.5 Å². The minimum absolute atomic E-state index is 0.0668. The van der Waals surface area contributed by atoms with Gasteiger partial charge in [0.2, 0.25) is 0 Å². The Hall–Kier alpha value is -2.04. The Morgan fingerprint density at radius 2 is 1.56 bits per heavy atom. The zero-order valence-corrected chi connectivity index (χ0v) is 20.6. The fourth-order valence-corrected chi connectivity index (χ4v) is 4.20. The lowest BCUT2D eigenvalue weighted by atomic mass is 9.87. The van der Waals surface area contributed by atoms with E-state index >= 15 is 0 Å². The number of benzene rings is 1. The number of allylic oxidation sites excluding steroid dienone is 5. The SMILES string of the molecule is C/C(=C\CC/C(C)=C/CC[C@]1(C)CCc2cc(O)c(C)c(C)c2O1)CCC=C(CO)CO. The normalized spacial score (nSPS) is 18.8. The largest absolute Gasteiger partial charge is 0.508 e. The van der Waals surface area contributed by atoms with E-state index in [1.807, 2.05) is 26.0 Å². The summed E-state index contributed by atoms with van der Waals surface area (Å²) < 4.78 is 6.47. The Labute approximate surface area is 194 Å². The highest BCUT2D eigenvalue weighted by Crippen LogP contribution is 2.41. The third-order valence-electron chi connectivity index (χ3n) is 6.74. The molecule has 0 bridgehead atoms. The maximum absolute atomic E-state index is 10.1. The molecule has 0 saturated heterocycles. The van der Waals surface area contributed by atoms with Crippen LogP contribution in [0, 0.1) is 13.8 Å². The van der Waals surface area contributed by atoms with Crippen LogP contribution in [0.15, 0.2) is 41.0 Å². The molecule has 0 aliphatic carbocycles. The van der Waals surface area contributed by atoms with E-state index in [0.717, 1.165) is 73.8 Å². The molecular weight excluding hydrogens is 400 g/mol. The summed E-state index contributed by atoms with van der Waals surface area (Å²) in [5.41, 5.74) is 6.38. The van der Waals surface area contributed by atoms with Gasteiger partial charge in [0.05, 0.1) is 13.2 Å². The fraction of sp³-hybridized carbons (Fsp3) is 0.571. The minimum Gasteiger partial charge on any atom is -0.508 e. The van der Waals surface area contributed by atoms with Crippen molar-refractivity contribution in [1.82, 2.24) is 0 Å². The van der Waals surface area contributed by atoms with E-state index in [-0.39, 0.29) is 18.8 Å². The molecule has 1 aliphatic heterocycles. The Kier molecular flexibility index (Phi) is 10.0. The third-order valence-corrected chi connectivity index (χ3v) is 6.74. The van der Waals surface area contributed by atoms with Crippen LogP contribution < -0.4 is 4.74 Å². The van der Waals surface area contributed by atoms with Gasteiger partial charge in [-0.1, -0.05) is 29.4 Å². The highest BCUT2D eigenvalue weighted by Gasteiger charge is 2.32. The van der Waals surface area contributed by atoms with Gasteiger partial charge in [-0.2, -0.15) is 0 Å². The van der Waals surface area contributed by atoms with Crippen LogP contribution in [0.4, 0.5) is 0 Å². The van der Waals surface area contributed by atoms with Crippen LogP contribution in [0.3, 0.4) is 0 Å². The Bertz CT molecular complexity index is 857. The highest BCUT2D eigenvalue weighted by molar-refractivity contribution is 5.53. The predicted octanol–water partition coefficient (Wildman–Crippen LogP) is 6.24. The summed E-state index contributed by atoms with van der Waals surface area (Å²) in [6.45, 7) is 10.4. The maximum Gasteiger partial charge on any atom is 0.126 e. The molecule has 4 heteroatoms. The van der Waals surface area contributed by atoms with Gasteiger partial charge in [0, 0.05) is 0 Å². The van der Waals surface area contributed by atoms with Gasteiger partial charge < -0.3 is 20.1 Å². The number of aromatic hydroxyl groups is 1. The Morgan fingerprint density at radius 1 is 0.969 bits per heavy atom. The van der Waals surface area contributed by atoms with Gasteiger partial charge in [-0.05, 0) is 114 Å². The number of aliphatic hydroxyl groups excluding tert-OH is 2. The summed E-state index contributed by atoms with van der Waals surface area (Å²) in [7, 11) is 0. The fourth-order valence-electron chi connectivity index (χ4n) is 4.20. The second kappa shape index (κ2) is 12.3. The molecule has 1 aromatic rings. The zero-order chi connectivity index (χ0) is 23.7. The van der Waals surface area contributed by atoms with Crippen molar-refractivity contribution < 1.29 is 20.1 Å². The molecule has 178 valence electrons. The monoisotopic (exact) mass is 442 g/mol. The second-order valence-corrected chi connectivity index (χ2v) is 9.58. The minimum atomic E-state index is -0.163. The molecule has 1 aliphatic rings. The third kappa shape index (κ3) is 7.53. The van der Waals surface area contributed by atoms with Crippen LogP contribution in [0.1, 0.15) is 82.4 Å². The molecule has 0 spiro atoms. The van der Waals surface area contributed by atoms with Crippen molar-refractivity contribution in [1.29, 1.82) is 0 Å². The lowest BCUT2D eigenvalue weighted by Gasteiger charge is -2.37. The van der Waals surface area contributed by atoms with Gasteiger partial charge in [-0.15, -0.1) is 0 Å². The van der Waals surface area contributed by atoms with Crippen LogP contribution >= 0.6 is 0 Å². The molecule has 2 rings (SSSR count). The van der Waals surface area contributed by atoms with Crippen molar-refractivity contribution in [2.24, 2.45) is 0 Å². The number of aliphatic hydroxyl groups is 2. The van der Waals surface area contributed by atoms with E-state index < -0.39 is 0 Å².